The van der Waals surface area contributed by atoms with Gasteiger partial charge in [0, 0.05) is 14.2 Å². The van der Waals surface area contributed by atoms with Crippen LogP contribution in [-0.4, -0.2) is 17.6 Å². The number of rotatable bonds is 2. The van der Waals surface area contributed by atoms with Crippen molar-refractivity contribution in [2.45, 2.75) is 13.1 Å². The van der Waals surface area contributed by atoms with Gasteiger partial charge in [0.1, 0.15) is 5.75 Å². The van der Waals surface area contributed by atoms with Gasteiger partial charge in [0.25, 0.3) is 0 Å². The summed E-state index contributed by atoms with van der Waals surface area (Å²) < 4.78 is 6.94. The van der Waals surface area contributed by atoms with Crippen molar-refractivity contribution in [2.24, 2.45) is 0 Å². The molecular formula is C8H13BrOSi2. The fourth-order valence-corrected chi connectivity index (χ4v) is 2.67. The molecule has 4 heteroatoms. The molecule has 1 aromatic rings. The molecule has 0 radical (unpaired) electrons. The first kappa shape index (κ1) is 10.0. The van der Waals surface area contributed by atoms with Crippen molar-refractivity contribution < 1.29 is 4.43 Å². The summed E-state index contributed by atoms with van der Waals surface area (Å²) >= 11 is 3.39. The molecule has 0 N–H and O–H groups in total. The molecule has 0 fully saturated rings. The maximum Gasteiger partial charge on any atom is 0.218 e. The van der Waals surface area contributed by atoms with E-state index in [2.05, 4.69) is 29.0 Å². The second-order valence-electron chi connectivity index (χ2n) is 3.67. The van der Waals surface area contributed by atoms with Crippen molar-refractivity contribution in [1.29, 1.82) is 0 Å². The summed E-state index contributed by atoms with van der Waals surface area (Å²) in [6.07, 6.45) is 0. The molecule has 0 saturated heterocycles. The Balaban J connectivity index is 2.71. The predicted molar refractivity (Wildman–Crippen MR) is 62.2 cm³/mol. The van der Waals surface area contributed by atoms with Gasteiger partial charge in [0.05, 0.1) is 0 Å². The first-order valence-corrected chi connectivity index (χ1v) is 11.1. The third-order valence-corrected chi connectivity index (χ3v) is 3.23. The van der Waals surface area contributed by atoms with Crippen LogP contribution in [0.15, 0.2) is 28.7 Å². The van der Waals surface area contributed by atoms with Crippen LogP contribution in [0.25, 0.3) is 0 Å². The molecule has 0 bridgehead atoms. The highest BCUT2D eigenvalue weighted by Crippen LogP contribution is 2.18. The van der Waals surface area contributed by atoms with Gasteiger partial charge in [0.2, 0.25) is 7.83 Å². The van der Waals surface area contributed by atoms with Crippen LogP contribution in [0.4, 0.5) is 0 Å². The summed E-state index contributed by atoms with van der Waals surface area (Å²) in [7, 11) is -0.126. The highest BCUT2D eigenvalue weighted by molar-refractivity contribution is 9.10. The molecule has 0 aromatic heterocycles. The Bertz CT molecular complexity index is 253. The minimum Gasteiger partial charge on any atom is -0.548 e. The third-order valence-electron chi connectivity index (χ3n) is 1.24. The highest BCUT2D eigenvalue weighted by Gasteiger charge is 2.15. The lowest BCUT2D eigenvalue weighted by molar-refractivity contribution is 0.571. The summed E-state index contributed by atoms with van der Waals surface area (Å²) in [5.41, 5.74) is 0. The second kappa shape index (κ2) is 3.76. The molecule has 0 aliphatic rings. The third kappa shape index (κ3) is 3.56. The SMILES string of the molecule is C[Si](C)([SiH3])Oc1ccc(Br)cc1. The van der Waals surface area contributed by atoms with E-state index in [4.69, 9.17) is 4.43 Å². The van der Waals surface area contributed by atoms with E-state index in [0.29, 0.717) is 0 Å². The highest BCUT2D eigenvalue weighted by atomic mass is 79.9. The molecule has 1 nitrogen and oxygen atoms in total. The number of benzene rings is 1. The zero-order valence-electron chi connectivity index (χ0n) is 7.60. The molecular weight excluding hydrogens is 248 g/mol. The van der Waals surface area contributed by atoms with Gasteiger partial charge in [-0.3, -0.25) is 0 Å². The maximum atomic E-state index is 5.84. The zero-order chi connectivity index (χ0) is 9.19. The fourth-order valence-electron chi connectivity index (χ4n) is 0.856. The standard InChI is InChI=1S/C8H13BrOSi2/c1-12(2,11)10-8-5-3-7(9)4-6-8/h3-6H,1-2,11H3. The van der Waals surface area contributed by atoms with Crippen LogP contribution in [0, 0.1) is 0 Å². The Morgan fingerprint density at radius 3 is 2.17 bits per heavy atom. The molecule has 0 atom stereocenters. The van der Waals surface area contributed by atoms with Crippen molar-refractivity contribution in [1.82, 2.24) is 0 Å². The van der Waals surface area contributed by atoms with Crippen molar-refractivity contribution in [3.05, 3.63) is 28.7 Å². The van der Waals surface area contributed by atoms with Crippen LogP contribution in [0.2, 0.25) is 13.1 Å². The van der Waals surface area contributed by atoms with E-state index in [9.17, 15) is 0 Å². The Morgan fingerprint density at radius 2 is 1.75 bits per heavy atom. The minimum atomic E-state index is -1.29. The Hall–Kier alpha value is -0.0662. The van der Waals surface area contributed by atoms with Crippen LogP contribution in [0.3, 0.4) is 0 Å². The van der Waals surface area contributed by atoms with Gasteiger partial charge in [-0.05, 0) is 37.4 Å². The first-order valence-electron chi connectivity index (χ1n) is 3.92. The van der Waals surface area contributed by atoms with Gasteiger partial charge in [-0.2, -0.15) is 0 Å². The van der Waals surface area contributed by atoms with Crippen LogP contribution < -0.4 is 4.43 Å². The van der Waals surface area contributed by atoms with Crippen molar-refractivity contribution >= 4 is 33.5 Å². The Morgan fingerprint density at radius 1 is 1.25 bits per heavy atom. The summed E-state index contributed by atoms with van der Waals surface area (Å²) in [6, 6.07) is 8.04. The first-order chi connectivity index (χ1) is 5.47. The Labute approximate surface area is 85.6 Å². The lowest BCUT2D eigenvalue weighted by Crippen LogP contribution is -2.34. The normalized spacial score (nSPS) is 11.6. The average Bonchev–Trinajstić information content (AvgIpc) is 1.91. The predicted octanol–water partition coefficient (Wildman–Crippen LogP) is 1.90. The maximum absolute atomic E-state index is 5.84. The van der Waals surface area contributed by atoms with Gasteiger partial charge in [-0.1, -0.05) is 15.9 Å². The molecule has 1 aromatic carbocycles. The summed E-state index contributed by atoms with van der Waals surface area (Å²) in [5, 5.41) is 0. The smallest absolute Gasteiger partial charge is 0.218 e. The molecule has 1 rings (SSSR count). The molecule has 0 aliphatic carbocycles. The summed E-state index contributed by atoms with van der Waals surface area (Å²) in [5.74, 6) is 1.00. The van der Waals surface area contributed by atoms with Crippen molar-refractivity contribution in [2.75, 3.05) is 0 Å². The molecule has 0 heterocycles. The average molecular weight is 261 g/mol. The van der Waals surface area contributed by atoms with Crippen LogP contribution in [0.5, 0.6) is 5.75 Å². The van der Waals surface area contributed by atoms with Gasteiger partial charge in [-0.25, -0.2) is 0 Å². The largest absolute Gasteiger partial charge is 0.548 e. The van der Waals surface area contributed by atoms with E-state index in [1.807, 2.05) is 24.3 Å². The monoisotopic (exact) mass is 260 g/mol. The molecule has 0 unspecified atom stereocenters. The molecule has 0 saturated carbocycles. The molecule has 0 amide bonds. The van der Waals surface area contributed by atoms with E-state index in [1.165, 1.54) is 9.76 Å². The van der Waals surface area contributed by atoms with Crippen LogP contribution >= 0.6 is 15.9 Å². The van der Waals surface area contributed by atoms with Gasteiger partial charge in [0.15, 0.2) is 0 Å². The van der Waals surface area contributed by atoms with E-state index in [1.54, 1.807) is 0 Å². The summed E-state index contributed by atoms with van der Waals surface area (Å²) in [4.78, 5) is 0. The van der Waals surface area contributed by atoms with Crippen LogP contribution in [0.1, 0.15) is 0 Å². The minimum absolute atomic E-state index is 1.00. The molecule has 12 heavy (non-hydrogen) atoms. The topological polar surface area (TPSA) is 9.23 Å². The number of hydrogen-bond donors (Lipinski definition) is 0. The molecule has 0 spiro atoms. The van der Waals surface area contributed by atoms with Crippen molar-refractivity contribution in [3.8, 4) is 5.75 Å². The lowest BCUT2D eigenvalue weighted by Gasteiger charge is -2.19. The van der Waals surface area contributed by atoms with E-state index in [0.717, 1.165) is 10.2 Å². The van der Waals surface area contributed by atoms with E-state index in [-0.39, 0.29) is 0 Å². The number of hydrogen-bond acceptors (Lipinski definition) is 1. The zero-order valence-corrected chi connectivity index (χ0v) is 12.2. The Kier molecular flexibility index (Phi) is 3.14. The quantitative estimate of drug-likeness (QED) is 0.739. The van der Waals surface area contributed by atoms with Crippen LogP contribution in [-0.2, 0) is 0 Å². The van der Waals surface area contributed by atoms with E-state index < -0.39 is 7.83 Å². The second-order valence-corrected chi connectivity index (χ2v) is 16.2. The van der Waals surface area contributed by atoms with Crippen molar-refractivity contribution in [3.63, 3.8) is 0 Å². The van der Waals surface area contributed by atoms with Gasteiger partial charge < -0.3 is 4.43 Å². The molecule has 66 valence electrons. The molecule has 0 aliphatic heterocycles. The number of halogens is 1. The summed E-state index contributed by atoms with van der Waals surface area (Å²) in [6.45, 7) is 4.47. The fraction of sp³-hybridized carbons (Fsp3) is 0.250. The van der Waals surface area contributed by atoms with Gasteiger partial charge >= 0.3 is 0 Å². The van der Waals surface area contributed by atoms with E-state index >= 15 is 0 Å². The lowest BCUT2D eigenvalue weighted by atomic mass is 10.3. The van der Waals surface area contributed by atoms with Gasteiger partial charge in [-0.15, -0.1) is 0 Å².